The predicted molar refractivity (Wildman–Crippen MR) is 71.1 cm³/mol. The van der Waals surface area contributed by atoms with Crippen molar-refractivity contribution >= 4 is 5.82 Å². The molecule has 2 rings (SSSR count). The van der Waals surface area contributed by atoms with E-state index in [1.54, 1.807) is 18.3 Å². The van der Waals surface area contributed by atoms with Crippen LogP contribution in [0.5, 0.6) is 11.5 Å². The summed E-state index contributed by atoms with van der Waals surface area (Å²) < 4.78 is 24.2. The molecule has 1 unspecified atom stereocenters. The van der Waals surface area contributed by atoms with Gasteiger partial charge in [0, 0.05) is 11.1 Å². The van der Waals surface area contributed by atoms with E-state index in [0.29, 0.717) is 28.4 Å². The van der Waals surface area contributed by atoms with E-state index >= 15 is 0 Å². The van der Waals surface area contributed by atoms with Gasteiger partial charge in [-0.25, -0.2) is 4.39 Å². The second-order valence-corrected chi connectivity index (χ2v) is 4.11. The van der Waals surface area contributed by atoms with Gasteiger partial charge in [-0.15, -0.1) is 0 Å². The summed E-state index contributed by atoms with van der Waals surface area (Å²) in [6.07, 6.45) is 0.403. The highest BCUT2D eigenvalue weighted by Crippen LogP contribution is 2.40. The number of rotatable bonds is 4. The Labute approximate surface area is 110 Å². The fourth-order valence-electron chi connectivity index (χ4n) is 1.97. The fourth-order valence-corrected chi connectivity index (χ4v) is 1.97. The van der Waals surface area contributed by atoms with E-state index in [1.165, 1.54) is 21.1 Å². The maximum Gasteiger partial charge on any atom is 0.166 e. The highest BCUT2D eigenvalue weighted by atomic mass is 19.1. The second kappa shape index (κ2) is 5.17. The zero-order valence-corrected chi connectivity index (χ0v) is 11.0. The number of benzene rings is 1. The van der Waals surface area contributed by atoms with Crippen molar-refractivity contribution in [2.45, 2.75) is 13.1 Å². The Morgan fingerprint density at radius 2 is 2.05 bits per heavy atom. The van der Waals surface area contributed by atoms with Crippen LogP contribution in [0.3, 0.4) is 0 Å². The zero-order chi connectivity index (χ0) is 14.0. The molecule has 1 heterocycles. The average Bonchev–Trinajstić information content (AvgIpc) is 2.83. The van der Waals surface area contributed by atoms with Gasteiger partial charge < -0.3 is 15.2 Å². The van der Waals surface area contributed by atoms with Gasteiger partial charge in [-0.1, -0.05) is 0 Å². The first-order chi connectivity index (χ1) is 9.08. The molecule has 102 valence electrons. The van der Waals surface area contributed by atoms with Gasteiger partial charge >= 0.3 is 0 Å². The van der Waals surface area contributed by atoms with E-state index in [2.05, 4.69) is 10.2 Å². The van der Waals surface area contributed by atoms with E-state index in [4.69, 9.17) is 15.2 Å². The van der Waals surface area contributed by atoms with Crippen LogP contribution in [0.2, 0.25) is 0 Å². The number of nitrogens with two attached hydrogens (primary N) is 1. The number of nitrogen functional groups attached to an aromatic ring is 1. The molecule has 0 fully saturated rings. The van der Waals surface area contributed by atoms with Crippen LogP contribution in [0.25, 0.3) is 11.1 Å². The van der Waals surface area contributed by atoms with Crippen molar-refractivity contribution in [2.24, 2.45) is 0 Å². The van der Waals surface area contributed by atoms with Crippen molar-refractivity contribution in [2.75, 3.05) is 20.0 Å². The van der Waals surface area contributed by atoms with Crippen LogP contribution >= 0.6 is 0 Å². The minimum atomic E-state index is -1.18. The van der Waals surface area contributed by atoms with Crippen molar-refractivity contribution in [1.82, 2.24) is 10.2 Å². The third kappa shape index (κ3) is 2.33. The lowest BCUT2D eigenvalue weighted by atomic mass is 10.0. The number of alkyl halides is 1. The lowest BCUT2D eigenvalue weighted by Crippen LogP contribution is -1.98. The van der Waals surface area contributed by atoms with E-state index in [9.17, 15) is 4.39 Å². The van der Waals surface area contributed by atoms with Gasteiger partial charge in [0.2, 0.25) is 0 Å². The number of aromatic nitrogens is 2. The first-order valence-electron chi connectivity index (χ1n) is 5.77. The monoisotopic (exact) mass is 265 g/mol. The number of methoxy groups -OCH3 is 2. The third-order valence-electron chi connectivity index (χ3n) is 2.92. The summed E-state index contributed by atoms with van der Waals surface area (Å²) in [5.41, 5.74) is 7.61. The first kappa shape index (κ1) is 13.2. The van der Waals surface area contributed by atoms with E-state index in [0.717, 1.165) is 5.56 Å². The van der Waals surface area contributed by atoms with Crippen molar-refractivity contribution in [3.05, 3.63) is 23.9 Å². The smallest absolute Gasteiger partial charge is 0.166 e. The van der Waals surface area contributed by atoms with Gasteiger partial charge in [0.25, 0.3) is 0 Å². The maximum atomic E-state index is 13.7. The summed E-state index contributed by atoms with van der Waals surface area (Å²) in [7, 11) is 2.99. The molecule has 0 bridgehead atoms. The van der Waals surface area contributed by atoms with Crippen LogP contribution in [-0.4, -0.2) is 24.4 Å². The Morgan fingerprint density at radius 3 is 2.53 bits per heavy atom. The summed E-state index contributed by atoms with van der Waals surface area (Å²) in [5.74, 6) is 1.27. The van der Waals surface area contributed by atoms with Crippen LogP contribution in [0.4, 0.5) is 10.2 Å². The van der Waals surface area contributed by atoms with Crippen molar-refractivity contribution in [1.29, 1.82) is 0 Å². The summed E-state index contributed by atoms with van der Waals surface area (Å²) in [6.45, 7) is 1.44. The van der Waals surface area contributed by atoms with Gasteiger partial charge in [0.1, 0.15) is 12.0 Å². The Balaban J connectivity index is 2.65. The molecule has 3 N–H and O–H groups in total. The second-order valence-electron chi connectivity index (χ2n) is 4.11. The van der Waals surface area contributed by atoms with Crippen LogP contribution in [0.15, 0.2) is 18.3 Å². The van der Waals surface area contributed by atoms with E-state index < -0.39 is 6.17 Å². The first-order valence-corrected chi connectivity index (χ1v) is 5.77. The highest BCUT2D eigenvalue weighted by Gasteiger charge is 2.18. The summed E-state index contributed by atoms with van der Waals surface area (Å²) in [5, 5.41) is 6.50. The average molecular weight is 265 g/mol. The van der Waals surface area contributed by atoms with Gasteiger partial charge in [0.15, 0.2) is 11.5 Å². The Kier molecular flexibility index (Phi) is 3.59. The van der Waals surface area contributed by atoms with Gasteiger partial charge in [-0.05, 0) is 24.6 Å². The molecule has 2 aromatic rings. The van der Waals surface area contributed by atoms with E-state index in [-0.39, 0.29) is 0 Å². The number of hydrogen-bond acceptors (Lipinski definition) is 4. The van der Waals surface area contributed by atoms with Gasteiger partial charge in [0.05, 0.1) is 20.4 Å². The maximum absolute atomic E-state index is 13.7. The molecule has 19 heavy (non-hydrogen) atoms. The normalized spacial score (nSPS) is 12.2. The molecule has 0 aliphatic rings. The number of H-pyrrole nitrogens is 1. The molecule has 0 aliphatic heterocycles. The molecular weight excluding hydrogens is 249 g/mol. The van der Waals surface area contributed by atoms with Crippen LogP contribution in [0, 0.1) is 0 Å². The molecule has 0 aliphatic carbocycles. The molecule has 1 aromatic carbocycles. The number of nitrogens with one attached hydrogen (secondary N) is 1. The molecular formula is C13H16FN3O2. The quantitative estimate of drug-likeness (QED) is 0.891. The topological polar surface area (TPSA) is 73.2 Å². The van der Waals surface area contributed by atoms with Crippen LogP contribution in [0.1, 0.15) is 18.7 Å². The molecule has 1 atom stereocenters. The van der Waals surface area contributed by atoms with Crippen LogP contribution in [-0.2, 0) is 0 Å². The number of hydrogen-bond donors (Lipinski definition) is 2. The van der Waals surface area contributed by atoms with Gasteiger partial charge in [-0.2, -0.15) is 5.10 Å². The van der Waals surface area contributed by atoms with Gasteiger partial charge in [-0.3, -0.25) is 5.10 Å². The third-order valence-corrected chi connectivity index (χ3v) is 2.92. The van der Waals surface area contributed by atoms with Crippen molar-refractivity contribution in [3.63, 3.8) is 0 Å². The van der Waals surface area contributed by atoms with Crippen molar-refractivity contribution in [3.8, 4) is 22.6 Å². The number of ether oxygens (including phenoxy) is 2. The number of anilines is 1. The number of nitrogens with zero attached hydrogens (tertiary/aromatic N) is 1. The molecule has 1 aromatic heterocycles. The molecule has 0 amide bonds. The summed E-state index contributed by atoms with van der Waals surface area (Å²) in [6, 6.07) is 3.43. The van der Waals surface area contributed by atoms with Crippen LogP contribution < -0.4 is 15.2 Å². The highest BCUT2D eigenvalue weighted by molar-refractivity contribution is 5.76. The largest absolute Gasteiger partial charge is 0.493 e. The summed E-state index contributed by atoms with van der Waals surface area (Å²) >= 11 is 0. The Bertz CT molecular complexity index is 581. The SMILES string of the molecule is COc1cc(-c2cn[nH]c2N)cc(C(C)F)c1OC. The standard InChI is InChI=1S/C13H16FN3O2/c1-7(14)9-4-8(10-6-16-17-13(10)15)5-11(18-2)12(9)19-3/h4-7H,1-3H3,(H3,15,16,17). The molecule has 6 heteroatoms. The van der Waals surface area contributed by atoms with Crippen molar-refractivity contribution < 1.29 is 13.9 Å². The summed E-state index contributed by atoms with van der Waals surface area (Å²) in [4.78, 5) is 0. The fraction of sp³-hybridized carbons (Fsp3) is 0.308. The Morgan fingerprint density at radius 1 is 1.32 bits per heavy atom. The number of halogens is 1. The van der Waals surface area contributed by atoms with E-state index in [1.807, 2.05) is 0 Å². The molecule has 0 spiro atoms. The minimum absolute atomic E-state index is 0.392. The predicted octanol–water partition coefficient (Wildman–Crippen LogP) is 2.71. The number of aromatic amines is 1. The zero-order valence-electron chi connectivity index (χ0n) is 11.0. The minimum Gasteiger partial charge on any atom is -0.493 e. The molecule has 0 radical (unpaired) electrons. The Hall–Kier alpha value is -2.24. The molecule has 0 saturated heterocycles. The lowest BCUT2D eigenvalue weighted by Gasteiger charge is -2.15. The molecule has 5 nitrogen and oxygen atoms in total. The molecule has 0 saturated carbocycles. The lowest BCUT2D eigenvalue weighted by molar-refractivity contribution is 0.324.